The number of hydrogen-bond acceptors (Lipinski definition) is 4. The summed E-state index contributed by atoms with van der Waals surface area (Å²) in [6.07, 6.45) is 7.23. The quantitative estimate of drug-likeness (QED) is 0.785. The molecule has 4 nitrogen and oxygen atoms in total. The monoisotopic (exact) mass is 247 g/mol. The largest absolute Gasteiger partial charge is 0.458 e. The Morgan fingerprint density at radius 2 is 2.11 bits per heavy atom. The summed E-state index contributed by atoms with van der Waals surface area (Å²) < 4.78 is 5.70. The Morgan fingerprint density at radius 3 is 2.67 bits per heavy atom. The second-order valence-corrected chi connectivity index (χ2v) is 4.54. The summed E-state index contributed by atoms with van der Waals surface area (Å²) >= 11 is 0. The molecule has 0 saturated heterocycles. The molecule has 0 spiro atoms. The van der Waals surface area contributed by atoms with Gasteiger partial charge in [-0.25, -0.2) is 4.98 Å². The summed E-state index contributed by atoms with van der Waals surface area (Å²) in [6.45, 7) is 8.59. The second kappa shape index (κ2) is 6.25. The highest BCUT2D eigenvalue weighted by Crippen LogP contribution is 2.19. The molecule has 1 rings (SSSR count). The van der Waals surface area contributed by atoms with Crippen LogP contribution in [-0.4, -0.2) is 22.1 Å². The van der Waals surface area contributed by atoms with Crippen molar-refractivity contribution in [1.29, 1.82) is 0 Å². The van der Waals surface area contributed by atoms with E-state index in [1.807, 2.05) is 20.8 Å². The molecule has 98 valence electrons. The fourth-order valence-corrected chi connectivity index (χ4v) is 1.42. The maximum atomic E-state index is 5.70. The van der Waals surface area contributed by atoms with Gasteiger partial charge in [-0.15, -0.1) is 6.42 Å². The first-order chi connectivity index (χ1) is 8.50. The van der Waals surface area contributed by atoms with Gasteiger partial charge in [-0.1, -0.05) is 12.8 Å². The van der Waals surface area contributed by atoms with Gasteiger partial charge in [-0.05, 0) is 27.2 Å². The molecule has 0 aromatic carbocycles. The number of terminal acetylenes is 1. The molecule has 0 amide bonds. The van der Waals surface area contributed by atoms with Gasteiger partial charge in [0.25, 0.3) is 0 Å². The maximum Gasteiger partial charge on any atom is 0.220 e. The van der Waals surface area contributed by atoms with Crippen LogP contribution in [0.1, 0.15) is 39.9 Å². The number of nitrogens with one attached hydrogen (secondary N) is 1. The van der Waals surface area contributed by atoms with E-state index in [1.54, 1.807) is 6.07 Å². The molecule has 0 radical (unpaired) electrons. The van der Waals surface area contributed by atoms with Crippen molar-refractivity contribution in [2.45, 2.75) is 46.1 Å². The van der Waals surface area contributed by atoms with E-state index in [2.05, 4.69) is 28.1 Å². The Kier molecular flexibility index (Phi) is 4.96. The molecule has 0 bridgehead atoms. The summed E-state index contributed by atoms with van der Waals surface area (Å²) in [7, 11) is 0. The molecule has 0 fully saturated rings. The topological polar surface area (TPSA) is 47.0 Å². The molecular formula is C14H21N3O. The average molecular weight is 247 g/mol. The minimum atomic E-state index is -0.665. The number of anilines is 1. The maximum absolute atomic E-state index is 5.70. The molecule has 1 aromatic heterocycles. The molecule has 0 aliphatic rings. The standard InChI is InChI=1S/C14H21N3O/c1-6-9-11-16-12(15-8-3)10-13(17-11)18-14(4,5)7-2/h2,10H,6,8-9H2,1,3-5H3,(H,15,16,17). The number of aryl methyl sites for hydroxylation is 1. The Bertz CT molecular complexity index is 411. The van der Waals surface area contributed by atoms with Crippen molar-refractivity contribution in [3.8, 4) is 18.2 Å². The molecule has 0 unspecified atom stereocenters. The predicted molar refractivity (Wildman–Crippen MR) is 73.7 cm³/mol. The van der Waals surface area contributed by atoms with Crippen LogP contribution in [0.2, 0.25) is 0 Å². The van der Waals surface area contributed by atoms with Gasteiger partial charge in [0.15, 0.2) is 5.60 Å². The lowest BCUT2D eigenvalue weighted by Gasteiger charge is -2.20. The average Bonchev–Trinajstić information content (AvgIpc) is 2.29. The van der Waals surface area contributed by atoms with Crippen LogP contribution in [0, 0.1) is 12.3 Å². The van der Waals surface area contributed by atoms with E-state index in [9.17, 15) is 0 Å². The zero-order valence-corrected chi connectivity index (χ0v) is 11.6. The third-order valence-electron chi connectivity index (χ3n) is 2.29. The number of ether oxygens (including phenoxy) is 1. The van der Waals surface area contributed by atoms with E-state index in [1.165, 1.54) is 0 Å². The van der Waals surface area contributed by atoms with Gasteiger partial charge in [0.2, 0.25) is 5.88 Å². The van der Waals surface area contributed by atoms with Crippen LogP contribution in [0.15, 0.2) is 6.07 Å². The highest BCUT2D eigenvalue weighted by molar-refractivity contribution is 5.38. The van der Waals surface area contributed by atoms with E-state index in [4.69, 9.17) is 11.2 Å². The second-order valence-electron chi connectivity index (χ2n) is 4.54. The number of rotatable bonds is 6. The highest BCUT2D eigenvalue weighted by Gasteiger charge is 2.17. The summed E-state index contributed by atoms with van der Waals surface area (Å²) in [5.74, 6) is 4.66. The smallest absolute Gasteiger partial charge is 0.220 e. The van der Waals surface area contributed by atoms with E-state index in [-0.39, 0.29) is 0 Å². The molecule has 0 aliphatic carbocycles. The molecule has 0 atom stereocenters. The molecule has 1 aromatic rings. The van der Waals surface area contributed by atoms with Gasteiger partial charge in [0.1, 0.15) is 11.6 Å². The van der Waals surface area contributed by atoms with Crippen LogP contribution >= 0.6 is 0 Å². The fourth-order valence-electron chi connectivity index (χ4n) is 1.42. The summed E-state index contributed by atoms with van der Waals surface area (Å²) in [5.41, 5.74) is -0.665. The van der Waals surface area contributed by atoms with Crippen LogP contribution in [0.4, 0.5) is 5.82 Å². The predicted octanol–water partition coefficient (Wildman–Crippen LogP) is 2.65. The van der Waals surface area contributed by atoms with Crippen LogP contribution < -0.4 is 10.1 Å². The Morgan fingerprint density at radius 1 is 1.39 bits per heavy atom. The van der Waals surface area contributed by atoms with E-state index < -0.39 is 5.60 Å². The lowest BCUT2D eigenvalue weighted by atomic mass is 10.1. The molecule has 0 saturated carbocycles. The Hall–Kier alpha value is -1.76. The van der Waals surface area contributed by atoms with Gasteiger partial charge < -0.3 is 10.1 Å². The molecular weight excluding hydrogens is 226 g/mol. The molecule has 0 aliphatic heterocycles. The highest BCUT2D eigenvalue weighted by atomic mass is 16.5. The minimum Gasteiger partial charge on any atom is -0.458 e. The first-order valence-corrected chi connectivity index (χ1v) is 6.29. The van der Waals surface area contributed by atoms with Crippen LogP contribution in [0.3, 0.4) is 0 Å². The number of nitrogens with zero attached hydrogens (tertiary/aromatic N) is 2. The zero-order valence-electron chi connectivity index (χ0n) is 11.6. The van der Waals surface area contributed by atoms with E-state index in [0.717, 1.165) is 31.0 Å². The zero-order chi connectivity index (χ0) is 13.6. The van der Waals surface area contributed by atoms with Crippen molar-refractivity contribution in [3.05, 3.63) is 11.9 Å². The van der Waals surface area contributed by atoms with Crippen molar-refractivity contribution in [1.82, 2.24) is 9.97 Å². The normalized spacial score (nSPS) is 10.8. The van der Waals surface area contributed by atoms with Crippen molar-refractivity contribution in [2.75, 3.05) is 11.9 Å². The molecule has 1 heterocycles. The van der Waals surface area contributed by atoms with Crippen LogP contribution in [0.25, 0.3) is 0 Å². The van der Waals surface area contributed by atoms with Gasteiger partial charge in [0, 0.05) is 19.0 Å². The third kappa shape index (κ3) is 4.25. The van der Waals surface area contributed by atoms with Crippen LogP contribution in [-0.2, 0) is 6.42 Å². The minimum absolute atomic E-state index is 0.521. The summed E-state index contributed by atoms with van der Waals surface area (Å²) in [5, 5.41) is 3.17. The fraction of sp³-hybridized carbons (Fsp3) is 0.571. The first-order valence-electron chi connectivity index (χ1n) is 6.29. The van der Waals surface area contributed by atoms with E-state index in [0.29, 0.717) is 5.88 Å². The summed E-state index contributed by atoms with van der Waals surface area (Å²) in [6, 6.07) is 1.78. The van der Waals surface area contributed by atoms with Crippen molar-refractivity contribution < 1.29 is 4.74 Å². The SMILES string of the molecule is C#CC(C)(C)Oc1cc(NCC)nc(CCC)n1. The molecule has 18 heavy (non-hydrogen) atoms. The third-order valence-corrected chi connectivity index (χ3v) is 2.29. The number of hydrogen-bond donors (Lipinski definition) is 1. The van der Waals surface area contributed by atoms with Crippen molar-refractivity contribution >= 4 is 5.82 Å². The van der Waals surface area contributed by atoms with Crippen molar-refractivity contribution in [3.63, 3.8) is 0 Å². The van der Waals surface area contributed by atoms with Gasteiger partial charge in [-0.3, -0.25) is 0 Å². The molecule has 1 N–H and O–H groups in total. The first kappa shape index (κ1) is 14.3. The van der Waals surface area contributed by atoms with Crippen LogP contribution in [0.5, 0.6) is 5.88 Å². The van der Waals surface area contributed by atoms with E-state index >= 15 is 0 Å². The molecule has 4 heteroatoms. The van der Waals surface area contributed by atoms with Gasteiger partial charge in [-0.2, -0.15) is 4.98 Å². The Labute approximate surface area is 109 Å². The summed E-state index contributed by atoms with van der Waals surface area (Å²) in [4.78, 5) is 8.78. The Balaban J connectivity index is 2.99. The van der Waals surface area contributed by atoms with Gasteiger partial charge in [0.05, 0.1) is 0 Å². The van der Waals surface area contributed by atoms with Crippen molar-refractivity contribution in [2.24, 2.45) is 0 Å². The number of aromatic nitrogens is 2. The van der Waals surface area contributed by atoms with Gasteiger partial charge >= 0.3 is 0 Å². The lowest BCUT2D eigenvalue weighted by Crippen LogP contribution is -2.26. The lowest BCUT2D eigenvalue weighted by molar-refractivity contribution is 0.164.